The van der Waals surface area contributed by atoms with E-state index in [2.05, 4.69) is 48.6 Å². The number of anilines is 1. The van der Waals surface area contributed by atoms with Crippen LogP contribution in [0.25, 0.3) is 34.3 Å². The fourth-order valence-corrected chi connectivity index (χ4v) is 3.95. The van der Waals surface area contributed by atoms with E-state index in [0.717, 1.165) is 37.3 Å². The van der Waals surface area contributed by atoms with Gasteiger partial charge in [0.2, 0.25) is 5.89 Å². The van der Waals surface area contributed by atoms with Crippen molar-refractivity contribution in [1.29, 1.82) is 5.26 Å². The molecule has 1 aliphatic heterocycles. The lowest BCUT2D eigenvalue weighted by Crippen LogP contribution is -2.43. The van der Waals surface area contributed by atoms with E-state index in [-0.39, 0.29) is 0 Å². The highest BCUT2D eigenvalue weighted by atomic mass is 16.4. The molecule has 0 radical (unpaired) electrons. The third-order valence-electron chi connectivity index (χ3n) is 6.15. The Kier molecular flexibility index (Phi) is 5.97. The topological polar surface area (TPSA) is 117 Å². The van der Waals surface area contributed by atoms with Gasteiger partial charge in [-0.05, 0) is 57.2 Å². The molecule has 0 amide bonds. The molecule has 0 spiro atoms. The third kappa shape index (κ3) is 4.61. The van der Waals surface area contributed by atoms with E-state index >= 15 is 0 Å². The third-order valence-corrected chi connectivity index (χ3v) is 6.15. The molecule has 0 unspecified atom stereocenters. The van der Waals surface area contributed by atoms with Gasteiger partial charge >= 0.3 is 0 Å². The second kappa shape index (κ2) is 9.24. The minimum Gasteiger partial charge on any atom is -0.415 e. The van der Waals surface area contributed by atoms with Crippen LogP contribution >= 0.6 is 0 Å². The van der Waals surface area contributed by atoms with Crippen LogP contribution < -0.4 is 10.2 Å². The molecule has 0 bridgehead atoms. The van der Waals surface area contributed by atoms with Crippen molar-refractivity contribution in [3.05, 3.63) is 60.2 Å². The van der Waals surface area contributed by atoms with Gasteiger partial charge in [0, 0.05) is 49.2 Å². The SMILES string of the molecule is Cc1ncc(-c2ccnc(C(C)(C)C#N)c2)nc1-c1nnc(-c2ccc(N3CCNCC3)cc2)o1. The Balaban J connectivity index is 1.42. The van der Waals surface area contributed by atoms with Crippen molar-refractivity contribution in [2.45, 2.75) is 26.2 Å². The van der Waals surface area contributed by atoms with Gasteiger partial charge in [-0.25, -0.2) is 4.98 Å². The highest BCUT2D eigenvalue weighted by Gasteiger charge is 2.23. The van der Waals surface area contributed by atoms with E-state index in [1.165, 1.54) is 5.69 Å². The standard InChI is InChI=1S/C26H26N8O/c1-17-23(31-21(15-30-17)19-8-9-29-22(14-19)26(2,3)16-27)25-33-32-24(35-25)18-4-6-20(7-5-18)34-12-10-28-11-13-34/h4-9,14-15,28H,10-13H2,1-3H3. The first-order valence-corrected chi connectivity index (χ1v) is 11.6. The van der Waals surface area contributed by atoms with Crippen molar-refractivity contribution in [3.8, 4) is 40.4 Å². The van der Waals surface area contributed by atoms with Gasteiger partial charge in [0.1, 0.15) is 5.69 Å². The lowest BCUT2D eigenvalue weighted by atomic mass is 9.90. The Bertz CT molecular complexity index is 1380. The summed E-state index contributed by atoms with van der Waals surface area (Å²) in [5.41, 5.74) is 4.66. The minimum absolute atomic E-state index is 0.310. The number of hydrogen-bond acceptors (Lipinski definition) is 9. The van der Waals surface area contributed by atoms with Crippen molar-refractivity contribution in [2.75, 3.05) is 31.1 Å². The molecule has 0 saturated carbocycles. The van der Waals surface area contributed by atoms with Crippen molar-refractivity contribution < 1.29 is 4.42 Å². The van der Waals surface area contributed by atoms with Crippen LogP contribution in [0.5, 0.6) is 0 Å². The molecule has 1 N–H and O–H groups in total. The summed E-state index contributed by atoms with van der Waals surface area (Å²) in [6.07, 6.45) is 3.38. The van der Waals surface area contributed by atoms with Crippen LogP contribution in [0.4, 0.5) is 5.69 Å². The van der Waals surface area contributed by atoms with Crippen LogP contribution in [-0.2, 0) is 5.41 Å². The fourth-order valence-electron chi connectivity index (χ4n) is 3.95. The summed E-state index contributed by atoms with van der Waals surface area (Å²) >= 11 is 0. The molecule has 1 aliphatic rings. The van der Waals surface area contributed by atoms with E-state index in [0.29, 0.717) is 34.6 Å². The Labute approximate surface area is 203 Å². The van der Waals surface area contributed by atoms with Crippen LogP contribution in [0, 0.1) is 18.3 Å². The molecular formula is C26H26N8O. The molecule has 1 fully saturated rings. The number of benzene rings is 1. The van der Waals surface area contributed by atoms with Gasteiger partial charge in [0.15, 0.2) is 0 Å². The van der Waals surface area contributed by atoms with Gasteiger partial charge in [-0.15, -0.1) is 10.2 Å². The Morgan fingerprint density at radius 3 is 2.49 bits per heavy atom. The molecular weight excluding hydrogens is 440 g/mol. The van der Waals surface area contributed by atoms with Crippen LogP contribution in [0.3, 0.4) is 0 Å². The quantitative estimate of drug-likeness (QED) is 0.469. The predicted octanol–water partition coefficient (Wildman–Crippen LogP) is 3.77. The second-order valence-corrected chi connectivity index (χ2v) is 9.05. The summed E-state index contributed by atoms with van der Waals surface area (Å²) in [4.78, 5) is 16.0. The van der Waals surface area contributed by atoms with E-state index in [4.69, 9.17) is 9.40 Å². The molecule has 35 heavy (non-hydrogen) atoms. The number of nitrogens with one attached hydrogen (secondary N) is 1. The maximum atomic E-state index is 9.47. The van der Waals surface area contributed by atoms with Crippen LogP contribution in [0.2, 0.25) is 0 Å². The lowest BCUT2D eigenvalue weighted by Gasteiger charge is -2.29. The number of aryl methyl sites for hydroxylation is 1. The highest BCUT2D eigenvalue weighted by Crippen LogP contribution is 2.29. The van der Waals surface area contributed by atoms with Crippen LogP contribution in [0.15, 0.2) is 53.2 Å². The summed E-state index contributed by atoms with van der Waals surface area (Å²) in [5.74, 6) is 0.741. The zero-order valence-electron chi connectivity index (χ0n) is 20.0. The average molecular weight is 467 g/mol. The molecule has 0 atom stereocenters. The number of pyridine rings is 1. The van der Waals surface area contributed by atoms with E-state index in [1.54, 1.807) is 12.4 Å². The maximum absolute atomic E-state index is 9.47. The van der Waals surface area contributed by atoms with Crippen LogP contribution in [-0.4, -0.2) is 51.3 Å². The molecule has 4 aromatic rings. The van der Waals surface area contributed by atoms with Crippen molar-refractivity contribution in [2.24, 2.45) is 0 Å². The molecule has 0 aliphatic carbocycles. The van der Waals surface area contributed by atoms with Gasteiger partial charge < -0.3 is 14.6 Å². The zero-order chi connectivity index (χ0) is 24.4. The summed E-state index contributed by atoms with van der Waals surface area (Å²) < 4.78 is 6.00. The second-order valence-electron chi connectivity index (χ2n) is 9.05. The Morgan fingerprint density at radius 1 is 1.00 bits per heavy atom. The summed E-state index contributed by atoms with van der Waals surface area (Å²) in [6, 6.07) is 14.2. The van der Waals surface area contributed by atoms with E-state index in [9.17, 15) is 5.26 Å². The van der Waals surface area contributed by atoms with E-state index < -0.39 is 5.41 Å². The molecule has 5 rings (SSSR count). The monoisotopic (exact) mass is 466 g/mol. The maximum Gasteiger partial charge on any atom is 0.268 e. The van der Waals surface area contributed by atoms with Crippen molar-refractivity contribution >= 4 is 5.69 Å². The molecule has 9 heteroatoms. The number of rotatable bonds is 5. The summed E-state index contributed by atoms with van der Waals surface area (Å²) in [5, 5.41) is 21.3. The van der Waals surface area contributed by atoms with E-state index in [1.807, 2.05) is 45.0 Å². The number of aromatic nitrogens is 5. The normalized spacial score (nSPS) is 14.1. The molecule has 3 aromatic heterocycles. The lowest BCUT2D eigenvalue weighted by molar-refractivity contribution is 0.580. The average Bonchev–Trinajstić information content (AvgIpc) is 3.40. The van der Waals surface area contributed by atoms with Gasteiger partial charge in [0.25, 0.3) is 5.89 Å². The summed E-state index contributed by atoms with van der Waals surface area (Å²) in [7, 11) is 0. The predicted molar refractivity (Wildman–Crippen MR) is 132 cm³/mol. The molecule has 176 valence electrons. The first-order chi connectivity index (χ1) is 16.9. The van der Waals surface area contributed by atoms with Crippen LogP contribution in [0.1, 0.15) is 25.2 Å². The Morgan fingerprint density at radius 2 is 1.74 bits per heavy atom. The first kappa shape index (κ1) is 22.6. The fraction of sp³-hybridized carbons (Fsp3) is 0.308. The number of nitriles is 1. The molecule has 1 aromatic carbocycles. The number of piperazine rings is 1. The molecule has 1 saturated heterocycles. The smallest absolute Gasteiger partial charge is 0.268 e. The van der Waals surface area contributed by atoms with Crippen molar-refractivity contribution in [1.82, 2.24) is 30.5 Å². The van der Waals surface area contributed by atoms with Gasteiger partial charge in [0.05, 0.1) is 34.8 Å². The highest BCUT2D eigenvalue weighted by molar-refractivity contribution is 5.64. The van der Waals surface area contributed by atoms with Crippen molar-refractivity contribution in [3.63, 3.8) is 0 Å². The summed E-state index contributed by atoms with van der Waals surface area (Å²) in [6.45, 7) is 9.49. The minimum atomic E-state index is -0.710. The zero-order valence-corrected chi connectivity index (χ0v) is 20.0. The number of nitrogens with zero attached hydrogens (tertiary/aromatic N) is 7. The largest absolute Gasteiger partial charge is 0.415 e. The number of hydrogen-bond donors (Lipinski definition) is 1. The van der Waals surface area contributed by atoms with Gasteiger partial charge in [-0.1, -0.05) is 0 Å². The Hall–Kier alpha value is -4.16. The van der Waals surface area contributed by atoms with Gasteiger partial charge in [-0.3, -0.25) is 9.97 Å². The first-order valence-electron chi connectivity index (χ1n) is 11.6. The molecule has 4 heterocycles. The van der Waals surface area contributed by atoms with Gasteiger partial charge in [-0.2, -0.15) is 5.26 Å². The molecule has 9 nitrogen and oxygen atoms in total.